The zero-order chi connectivity index (χ0) is 28.0. The average Bonchev–Trinajstić information content (AvgIpc) is 3.68. The molecule has 2 aliphatic heterocycles. The van der Waals surface area contributed by atoms with Crippen LogP contribution in [-0.2, 0) is 0 Å². The van der Waals surface area contributed by atoms with Crippen LogP contribution < -0.4 is 19.8 Å². The number of carbonyl (C=O) groups is 1. The molecule has 3 heterocycles. The molecule has 1 spiro atoms. The van der Waals surface area contributed by atoms with E-state index in [9.17, 15) is 9.18 Å². The van der Waals surface area contributed by atoms with Gasteiger partial charge in [-0.3, -0.25) is 4.79 Å². The molecule has 3 N–H and O–H groups in total. The molecule has 214 valence electrons. The summed E-state index contributed by atoms with van der Waals surface area (Å²) in [5, 5.41) is 12.1. The lowest BCUT2D eigenvalue weighted by Gasteiger charge is -2.35. The number of nitrogens with zero attached hydrogens (tertiary/aromatic N) is 4. The van der Waals surface area contributed by atoms with Gasteiger partial charge < -0.3 is 24.9 Å². The van der Waals surface area contributed by atoms with Crippen molar-refractivity contribution in [2.24, 2.45) is 5.41 Å². The summed E-state index contributed by atoms with van der Waals surface area (Å²) < 4.78 is 17.6. The molecule has 10 heteroatoms. The number of aliphatic hydroxyl groups is 1. The molecule has 0 radical (unpaired) electrons. The molecule has 3 fully saturated rings. The third-order valence-electron chi connectivity index (χ3n) is 7.92. The van der Waals surface area contributed by atoms with E-state index in [-0.39, 0.29) is 12.5 Å². The van der Waals surface area contributed by atoms with E-state index in [0.29, 0.717) is 54.4 Å². The van der Waals surface area contributed by atoms with Gasteiger partial charge in [-0.15, -0.1) is 0 Å². The minimum atomic E-state index is -1.15. The number of carbonyl (C=O) groups excluding carboxylic acids is 1. The van der Waals surface area contributed by atoms with Crippen LogP contribution in [0.5, 0.6) is 0 Å². The predicted octanol–water partition coefficient (Wildman–Crippen LogP) is 5.82. The first-order valence-corrected chi connectivity index (χ1v) is 15.2. The summed E-state index contributed by atoms with van der Waals surface area (Å²) in [7, 11) is 0. The first-order chi connectivity index (χ1) is 18.8. The number of aliphatic hydroxyl groups excluding tert-OH is 1. The van der Waals surface area contributed by atoms with Crippen molar-refractivity contribution in [1.29, 1.82) is 0 Å². The predicted molar refractivity (Wildman–Crippen MR) is 160 cm³/mol. The number of anilines is 4. The largest absolute Gasteiger partial charge is 0.395 e. The molecule has 0 unspecified atom stereocenters. The highest BCUT2D eigenvalue weighted by molar-refractivity contribution is 8.00. The first kappa shape index (κ1) is 29.4. The van der Waals surface area contributed by atoms with Gasteiger partial charge in [-0.25, -0.2) is 9.37 Å². The molecular weight excluding hydrogens is 515 g/mol. The molecule has 5 rings (SSSR count). The fourth-order valence-corrected chi connectivity index (χ4v) is 5.73. The molecule has 2 saturated heterocycles. The minimum absolute atomic E-state index is 0.101. The Morgan fingerprint density at radius 3 is 2.33 bits per heavy atom. The first-order valence-electron chi connectivity index (χ1n) is 14.2. The molecule has 0 atom stereocenters. The molecule has 2 aromatic rings. The van der Waals surface area contributed by atoms with Crippen molar-refractivity contribution < 1.29 is 14.3 Å². The summed E-state index contributed by atoms with van der Waals surface area (Å²) in [6.45, 7) is 10.6. The van der Waals surface area contributed by atoms with E-state index in [2.05, 4.69) is 24.9 Å². The zero-order valence-electron chi connectivity index (χ0n) is 23.7. The maximum absolute atomic E-state index is 14.3. The van der Waals surface area contributed by atoms with Gasteiger partial charge in [0.25, 0.3) is 5.91 Å². The van der Waals surface area contributed by atoms with Crippen LogP contribution in [0.25, 0.3) is 0 Å². The van der Waals surface area contributed by atoms with Crippen LogP contribution in [0.2, 0.25) is 0 Å². The highest BCUT2D eigenvalue weighted by atomic mass is 32.2. The number of amides is 1. The minimum Gasteiger partial charge on any atom is -0.395 e. The third kappa shape index (κ3) is 7.54. The summed E-state index contributed by atoms with van der Waals surface area (Å²) in [5.41, 5.74) is 2.55. The fraction of sp³-hybridized carbons (Fsp3) is 0.621. The Bertz CT molecular complexity index is 1120. The Labute approximate surface area is 236 Å². The molecule has 3 aliphatic rings. The van der Waals surface area contributed by atoms with Gasteiger partial charge in [0.05, 0.1) is 17.9 Å². The summed E-state index contributed by atoms with van der Waals surface area (Å²) >= 11 is 1.44. The van der Waals surface area contributed by atoms with Gasteiger partial charge in [0.1, 0.15) is 11.5 Å². The number of aryl methyl sites for hydroxylation is 1. The van der Waals surface area contributed by atoms with Crippen molar-refractivity contribution in [3.8, 4) is 0 Å². The van der Waals surface area contributed by atoms with Crippen LogP contribution >= 0.6 is 11.9 Å². The number of halogens is 1. The monoisotopic (exact) mass is 558 g/mol. The maximum atomic E-state index is 14.3. The Hall–Kier alpha value is -2.59. The molecule has 8 nitrogen and oxygen atoms in total. The second kappa shape index (κ2) is 12.7. The summed E-state index contributed by atoms with van der Waals surface area (Å²) in [4.78, 5) is 27.0. The van der Waals surface area contributed by atoms with E-state index in [1.807, 2.05) is 43.9 Å². The Balaban J connectivity index is 0.00000172. The Morgan fingerprint density at radius 1 is 1.03 bits per heavy atom. The van der Waals surface area contributed by atoms with Gasteiger partial charge in [-0.05, 0) is 76.0 Å². The fourth-order valence-electron chi connectivity index (χ4n) is 5.24. The number of rotatable bonds is 8. The second-order valence-electron chi connectivity index (χ2n) is 10.9. The highest BCUT2D eigenvalue weighted by Gasteiger charge is 2.44. The topological polar surface area (TPSA) is 93.6 Å². The van der Waals surface area contributed by atoms with Crippen molar-refractivity contribution >= 4 is 41.0 Å². The van der Waals surface area contributed by atoms with Crippen molar-refractivity contribution in [3.05, 3.63) is 35.5 Å². The standard InChI is InChI=1S/C27H37FN6O2S.C2H6/c1-19-17-23(31-25(29-19)34-11-7-26(2,28)8-12-34)30-24(36)21-4-3-20(32-37-16-15-35)18-22(21)33-13-9-27(5-6-27)10-14-33;1-2/h3-4,17-18,32,35H,5-16H2,1-2H3,(H,29,30,31,36);1-2H3. The second-order valence-corrected chi connectivity index (χ2v) is 11.8. The van der Waals surface area contributed by atoms with E-state index >= 15 is 0 Å². The molecule has 39 heavy (non-hydrogen) atoms. The van der Waals surface area contributed by atoms with Gasteiger partial charge >= 0.3 is 0 Å². The number of alkyl halides is 1. The molecule has 1 amide bonds. The van der Waals surface area contributed by atoms with Crippen LogP contribution in [0.15, 0.2) is 24.3 Å². The van der Waals surface area contributed by atoms with E-state index < -0.39 is 5.67 Å². The third-order valence-corrected chi connectivity index (χ3v) is 8.69. The quantitative estimate of drug-likeness (QED) is 0.276. The van der Waals surface area contributed by atoms with Gasteiger partial charge in [-0.1, -0.05) is 25.8 Å². The van der Waals surface area contributed by atoms with Crippen LogP contribution in [-0.4, -0.2) is 65.2 Å². The highest BCUT2D eigenvalue weighted by Crippen LogP contribution is 2.54. The average molecular weight is 559 g/mol. The normalized spacial score (nSPS) is 19.2. The number of benzene rings is 1. The van der Waals surface area contributed by atoms with E-state index in [1.165, 1.54) is 24.8 Å². The summed E-state index contributed by atoms with van der Waals surface area (Å²) in [5.74, 6) is 1.34. The van der Waals surface area contributed by atoms with E-state index in [4.69, 9.17) is 5.11 Å². The lowest BCUT2D eigenvalue weighted by Crippen LogP contribution is -2.41. The summed E-state index contributed by atoms with van der Waals surface area (Å²) in [6, 6.07) is 7.55. The number of aromatic nitrogens is 2. The van der Waals surface area contributed by atoms with Gasteiger partial charge in [-0.2, -0.15) is 4.98 Å². The van der Waals surface area contributed by atoms with Crippen LogP contribution in [0.1, 0.15) is 75.3 Å². The van der Waals surface area contributed by atoms with Crippen molar-refractivity contribution in [2.75, 3.05) is 58.4 Å². The van der Waals surface area contributed by atoms with Crippen molar-refractivity contribution in [2.45, 2.75) is 71.9 Å². The molecule has 1 saturated carbocycles. The number of hydrogen-bond donors (Lipinski definition) is 3. The molecule has 0 bridgehead atoms. The molecule has 1 aliphatic carbocycles. The van der Waals surface area contributed by atoms with Gasteiger partial charge in [0.15, 0.2) is 0 Å². The van der Waals surface area contributed by atoms with E-state index in [0.717, 1.165) is 43.0 Å². The Morgan fingerprint density at radius 2 is 1.69 bits per heavy atom. The number of hydrogen-bond acceptors (Lipinski definition) is 8. The van der Waals surface area contributed by atoms with E-state index in [1.54, 1.807) is 13.0 Å². The van der Waals surface area contributed by atoms with Crippen LogP contribution in [0.3, 0.4) is 0 Å². The van der Waals surface area contributed by atoms with Gasteiger partial charge in [0, 0.05) is 49.4 Å². The SMILES string of the molecule is CC.Cc1cc(NC(=O)c2ccc(NSCCO)cc2N2CCC3(CC2)CC3)nc(N2CCC(C)(F)CC2)n1. The number of piperidine rings is 2. The number of nitrogens with one attached hydrogen (secondary N) is 2. The summed E-state index contributed by atoms with van der Waals surface area (Å²) in [6.07, 6.45) is 5.84. The van der Waals surface area contributed by atoms with Gasteiger partial charge in [0.2, 0.25) is 5.95 Å². The lowest BCUT2D eigenvalue weighted by molar-refractivity contribution is 0.102. The zero-order valence-corrected chi connectivity index (χ0v) is 24.5. The lowest BCUT2D eigenvalue weighted by atomic mass is 9.93. The molecular formula is C29H43FN6O2S. The Kier molecular flexibility index (Phi) is 9.59. The molecule has 1 aromatic carbocycles. The maximum Gasteiger partial charge on any atom is 0.258 e. The van der Waals surface area contributed by atoms with Crippen molar-refractivity contribution in [3.63, 3.8) is 0 Å². The van der Waals surface area contributed by atoms with Crippen molar-refractivity contribution in [1.82, 2.24) is 9.97 Å². The van der Waals surface area contributed by atoms with Crippen LogP contribution in [0, 0.1) is 12.3 Å². The molecule has 1 aromatic heterocycles. The van der Waals surface area contributed by atoms with Crippen LogP contribution in [0.4, 0.5) is 27.5 Å². The smallest absolute Gasteiger partial charge is 0.258 e.